The van der Waals surface area contributed by atoms with Crippen LogP contribution in [-0.2, 0) is 0 Å². The van der Waals surface area contributed by atoms with E-state index >= 15 is 0 Å². The summed E-state index contributed by atoms with van der Waals surface area (Å²) in [4.78, 5) is 17.6. The van der Waals surface area contributed by atoms with E-state index in [2.05, 4.69) is 25.9 Å². The standard InChI is InChI=1S/C9H7BrN2O2/c1-4-2-5-3-6(9(13)14)11-8(5)12-7(4)10/h2-3H,1H3,(H,11,12)(H,13,14). The van der Waals surface area contributed by atoms with Gasteiger partial charge in [0.1, 0.15) is 15.9 Å². The van der Waals surface area contributed by atoms with E-state index < -0.39 is 5.97 Å². The number of nitrogens with zero attached hydrogens (tertiary/aromatic N) is 1. The number of fused-ring (bicyclic) bond motifs is 1. The summed E-state index contributed by atoms with van der Waals surface area (Å²) < 4.78 is 0.726. The summed E-state index contributed by atoms with van der Waals surface area (Å²) in [7, 11) is 0. The first-order valence-corrected chi connectivity index (χ1v) is 4.76. The molecule has 0 aliphatic heterocycles. The topological polar surface area (TPSA) is 66.0 Å². The molecule has 14 heavy (non-hydrogen) atoms. The summed E-state index contributed by atoms with van der Waals surface area (Å²) in [5, 5.41) is 9.56. The fourth-order valence-corrected chi connectivity index (χ4v) is 1.55. The lowest BCUT2D eigenvalue weighted by Gasteiger charge is -1.95. The average Bonchev–Trinajstić information content (AvgIpc) is 2.48. The minimum atomic E-state index is -0.975. The predicted molar refractivity (Wildman–Crippen MR) is 55.5 cm³/mol. The van der Waals surface area contributed by atoms with E-state index in [1.807, 2.05) is 13.0 Å². The molecule has 0 radical (unpaired) electrons. The number of aromatic carboxylic acids is 1. The molecule has 0 spiro atoms. The molecule has 0 saturated heterocycles. The molecule has 2 aromatic heterocycles. The summed E-state index contributed by atoms with van der Waals surface area (Å²) in [6.45, 7) is 1.91. The van der Waals surface area contributed by atoms with Crippen molar-refractivity contribution in [3.8, 4) is 0 Å². The van der Waals surface area contributed by atoms with Gasteiger partial charge in [-0.2, -0.15) is 0 Å². The Hall–Kier alpha value is -1.36. The maximum Gasteiger partial charge on any atom is 0.352 e. The van der Waals surface area contributed by atoms with E-state index in [4.69, 9.17) is 5.11 Å². The van der Waals surface area contributed by atoms with Gasteiger partial charge in [0.2, 0.25) is 0 Å². The van der Waals surface area contributed by atoms with E-state index in [-0.39, 0.29) is 5.69 Å². The summed E-state index contributed by atoms with van der Waals surface area (Å²) in [5.41, 5.74) is 1.72. The second-order valence-electron chi connectivity index (χ2n) is 3.02. The Morgan fingerprint density at radius 3 is 2.93 bits per heavy atom. The van der Waals surface area contributed by atoms with Gasteiger partial charge in [0.05, 0.1) is 0 Å². The molecule has 0 bridgehead atoms. The average molecular weight is 255 g/mol. The quantitative estimate of drug-likeness (QED) is 0.768. The second kappa shape index (κ2) is 3.09. The van der Waals surface area contributed by atoms with E-state index in [1.54, 1.807) is 6.07 Å². The van der Waals surface area contributed by atoms with Crippen molar-refractivity contribution in [2.24, 2.45) is 0 Å². The molecule has 0 fully saturated rings. The number of aromatic amines is 1. The maximum absolute atomic E-state index is 10.7. The van der Waals surface area contributed by atoms with Crippen molar-refractivity contribution in [3.63, 3.8) is 0 Å². The van der Waals surface area contributed by atoms with Crippen molar-refractivity contribution in [1.29, 1.82) is 0 Å². The Morgan fingerprint density at radius 2 is 2.29 bits per heavy atom. The van der Waals surface area contributed by atoms with Crippen LogP contribution in [0.1, 0.15) is 16.1 Å². The maximum atomic E-state index is 10.7. The third-order valence-corrected chi connectivity index (χ3v) is 2.77. The summed E-state index contributed by atoms with van der Waals surface area (Å²) in [6, 6.07) is 3.46. The zero-order valence-electron chi connectivity index (χ0n) is 7.34. The number of aromatic nitrogens is 2. The predicted octanol–water partition coefficient (Wildman–Crippen LogP) is 2.33. The minimum absolute atomic E-state index is 0.157. The van der Waals surface area contributed by atoms with Crippen molar-refractivity contribution in [3.05, 3.63) is 28.0 Å². The number of pyridine rings is 1. The van der Waals surface area contributed by atoms with Crippen LogP contribution < -0.4 is 0 Å². The van der Waals surface area contributed by atoms with Crippen LogP contribution in [0.3, 0.4) is 0 Å². The molecule has 0 aliphatic carbocycles. The molecule has 72 valence electrons. The largest absolute Gasteiger partial charge is 0.477 e. The van der Waals surface area contributed by atoms with Gasteiger partial charge in [-0.3, -0.25) is 0 Å². The Labute approximate surface area is 88.1 Å². The smallest absolute Gasteiger partial charge is 0.352 e. The molecule has 0 unspecified atom stereocenters. The van der Waals surface area contributed by atoms with Gasteiger partial charge in [0, 0.05) is 5.39 Å². The molecule has 0 aromatic carbocycles. The SMILES string of the molecule is Cc1cc2cc(C(=O)O)[nH]c2nc1Br. The lowest BCUT2D eigenvalue weighted by molar-refractivity contribution is 0.0691. The normalized spacial score (nSPS) is 10.7. The Balaban J connectivity index is 2.72. The van der Waals surface area contributed by atoms with Crippen molar-refractivity contribution in [2.45, 2.75) is 6.92 Å². The molecule has 2 N–H and O–H groups in total. The number of carbonyl (C=O) groups is 1. The van der Waals surface area contributed by atoms with Crippen LogP contribution >= 0.6 is 15.9 Å². The highest BCUT2D eigenvalue weighted by molar-refractivity contribution is 9.10. The van der Waals surface area contributed by atoms with Gasteiger partial charge in [0.25, 0.3) is 0 Å². The fraction of sp³-hybridized carbons (Fsp3) is 0.111. The molecule has 5 heteroatoms. The van der Waals surface area contributed by atoms with Gasteiger partial charge in [0.15, 0.2) is 0 Å². The molecule has 4 nitrogen and oxygen atoms in total. The van der Waals surface area contributed by atoms with Crippen LogP contribution in [0.4, 0.5) is 0 Å². The third-order valence-electron chi connectivity index (χ3n) is 1.96. The van der Waals surface area contributed by atoms with Crippen molar-refractivity contribution >= 4 is 32.9 Å². The van der Waals surface area contributed by atoms with Gasteiger partial charge in [-0.1, -0.05) is 0 Å². The molecule has 0 atom stereocenters. The summed E-state index contributed by atoms with van der Waals surface area (Å²) in [5.74, 6) is -0.975. The number of rotatable bonds is 1. The van der Waals surface area contributed by atoms with E-state index in [1.165, 1.54) is 0 Å². The molecular formula is C9H7BrN2O2. The van der Waals surface area contributed by atoms with Gasteiger partial charge in [-0.05, 0) is 40.5 Å². The third kappa shape index (κ3) is 1.39. The van der Waals surface area contributed by atoms with Crippen molar-refractivity contribution in [1.82, 2.24) is 9.97 Å². The van der Waals surface area contributed by atoms with Crippen LogP contribution in [-0.4, -0.2) is 21.0 Å². The number of nitrogens with one attached hydrogen (secondary N) is 1. The zero-order chi connectivity index (χ0) is 10.3. The highest BCUT2D eigenvalue weighted by Crippen LogP contribution is 2.20. The molecule has 0 aliphatic rings. The molecule has 2 aromatic rings. The first-order chi connectivity index (χ1) is 6.58. The first-order valence-electron chi connectivity index (χ1n) is 3.97. The molecule has 2 rings (SSSR count). The van der Waals surface area contributed by atoms with E-state index in [0.29, 0.717) is 5.65 Å². The number of carboxylic acids is 1. The van der Waals surface area contributed by atoms with Crippen LogP contribution in [0, 0.1) is 6.92 Å². The number of H-pyrrole nitrogens is 1. The van der Waals surface area contributed by atoms with Crippen LogP contribution in [0.25, 0.3) is 11.0 Å². The molecular weight excluding hydrogens is 248 g/mol. The molecule has 2 heterocycles. The Bertz CT molecular complexity index is 480. The van der Waals surface area contributed by atoms with Gasteiger partial charge < -0.3 is 10.1 Å². The van der Waals surface area contributed by atoms with Gasteiger partial charge in [-0.15, -0.1) is 0 Å². The number of aryl methyl sites for hydroxylation is 1. The Kier molecular flexibility index (Phi) is 2.03. The van der Waals surface area contributed by atoms with Crippen molar-refractivity contribution in [2.75, 3.05) is 0 Å². The summed E-state index contributed by atoms with van der Waals surface area (Å²) >= 11 is 3.28. The number of hydrogen-bond donors (Lipinski definition) is 2. The zero-order valence-corrected chi connectivity index (χ0v) is 8.92. The van der Waals surface area contributed by atoms with Gasteiger partial charge in [-0.25, -0.2) is 9.78 Å². The second-order valence-corrected chi connectivity index (χ2v) is 3.77. The van der Waals surface area contributed by atoms with Gasteiger partial charge >= 0.3 is 5.97 Å². The molecule has 0 amide bonds. The van der Waals surface area contributed by atoms with Crippen LogP contribution in [0.5, 0.6) is 0 Å². The Morgan fingerprint density at radius 1 is 1.57 bits per heavy atom. The lowest BCUT2D eigenvalue weighted by atomic mass is 10.2. The van der Waals surface area contributed by atoms with Crippen LogP contribution in [0.2, 0.25) is 0 Å². The molecule has 0 saturated carbocycles. The number of halogens is 1. The lowest BCUT2D eigenvalue weighted by Crippen LogP contribution is -1.95. The fourth-order valence-electron chi connectivity index (χ4n) is 1.26. The summed E-state index contributed by atoms with van der Waals surface area (Å²) in [6.07, 6.45) is 0. The monoisotopic (exact) mass is 254 g/mol. The van der Waals surface area contributed by atoms with Crippen LogP contribution in [0.15, 0.2) is 16.7 Å². The number of hydrogen-bond acceptors (Lipinski definition) is 2. The number of carboxylic acid groups (broad SMARTS) is 1. The first kappa shape index (κ1) is 9.21. The highest BCUT2D eigenvalue weighted by Gasteiger charge is 2.09. The minimum Gasteiger partial charge on any atom is -0.477 e. The van der Waals surface area contributed by atoms with E-state index in [0.717, 1.165) is 15.6 Å². The highest BCUT2D eigenvalue weighted by atomic mass is 79.9. The van der Waals surface area contributed by atoms with Crippen molar-refractivity contribution < 1.29 is 9.90 Å². The van der Waals surface area contributed by atoms with E-state index in [9.17, 15) is 4.79 Å².